The molecule has 0 bridgehead atoms. The van der Waals surface area contributed by atoms with E-state index in [9.17, 15) is 9.59 Å². The summed E-state index contributed by atoms with van der Waals surface area (Å²) in [4.78, 5) is 27.8. The van der Waals surface area contributed by atoms with E-state index in [-0.39, 0.29) is 17.7 Å². The quantitative estimate of drug-likeness (QED) is 0.495. The van der Waals surface area contributed by atoms with E-state index in [0.29, 0.717) is 23.6 Å². The summed E-state index contributed by atoms with van der Waals surface area (Å²) in [6, 6.07) is 14.6. The lowest BCUT2D eigenvalue weighted by Gasteiger charge is -2.22. The normalized spacial score (nSPS) is 11.8. The maximum atomic E-state index is 12.8. The molecule has 2 amide bonds. The first-order valence-electron chi connectivity index (χ1n) is 10.9. The lowest BCUT2D eigenvalue weighted by atomic mass is 10.0. The SMILES string of the molecule is COc1cc(OC)cc(C(=O)NC(C(=O)NCCCN(C)Cc2ccccc2)C(C)C)c1. The van der Waals surface area contributed by atoms with Crippen molar-refractivity contribution in [2.45, 2.75) is 32.9 Å². The van der Waals surface area contributed by atoms with Crippen LogP contribution in [0.5, 0.6) is 11.5 Å². The number of carbonyl (C=O) groups is 2. The molecule has 0 aliphatic carbocycles. The Bertz CT molecular complexity index is 848. The molecule has 0 radical (unpaired) electrons. The summed E-state index contributed by atoms with van der Waals surface area (Å²) in [5.74, 6) is 0.430. The van der Waals surface area contributed by atoms with Gasteiger partial charge in [0.05, 0.1) is 14.2 Å². The molecular weight excluding hydrogens is 406 g/mol. The second-order valence-electron chi connectivity index (χ2n) is 8.16. The molecule has 0 spiro atoms. The third kappa shape index (κ3) is 7.89. The van der Waals surface area contributed by atoms with Crippen molar-refractivity contribution in [1.82, 2.24) is 15.5 Å². The number of carbonyl (C=O) groups excluding carboxylic acids is 2. The van der Waals surface area contributed by atoms with Crippen molar-refractivity contribution >= 4 is 11.8 Å². The van der Waals surface area contributed by atoms with Gasteiger partial charge in [0, 0.05) is 24.7 Å². The second kappa shape index (κ2) is 12.7. The summed E-state index contributed by atoms with van der Waals surface area (Å²) in [7, 11) is 5.12. The summed E-state index contributed by atoms with van der Waals surface area (Å²) >= 11 is 0. The van der Waals surface area contributed by atoms with Crippen LogP contribution in [-0.4, -0.2) is 57.1 Å². The maximum absolute atomic E-state index is 12.8. The summed E-state index contributed by atoms with van der Waals surface area (Å²) in [6.07, 6.45) is 0.820. The second-order valence-corrected chi connectivity index (χ2v) is 8.16. The van der Waals surface area contributed by atoms with Crippen molar-refractivity contribution in [3.63, 3.8) is 0 Å². The van der Waals surface area contributed by atoms with Crippen LogP contribution in [-0.2, 0) is 11.3 Å². The van der Waals surface area contributed by atoms with Crippen LogP contribution in [0, 0.1) is 5.92 Å². The van der Waals surface area contributed by atoms with Crippen LogP contribution < -0.4 is 20.1 Å². The molecule has 2 aromatic carbocycles. The highest BCUT2D eigenvalue weighted by Gasteiger charge is 2.25. The van der Waals surface area contributed by atoms with Gasteiger partial charge in [-0.05, 0) is 43.6 Å². The lowest BCUT2D eigenvalue weighted by Crippen LogP contribution is -2.50. The molecule has 0 heterocycles. The Kier molecular flexibility index (Phi) is 10.0. The van der Waals surface area contributed by atoms with Gasteiger partial charge in [-0.15, -0.1) is 0 Å². The number of methoxy groups -OCH3 is 2. The van der Waals surface area contributed by atoms with Crippen LogP contribution in [0.15, 0.2) is 48.5 Å². The number of benzene rings is 2. The molecule has 174 valence electrons. The van der Waals surface area contributed by atoms with Crippen LogP contribution in [0.2, 0.25) is 0 Å². The van der Waals surface area contributed by atoms with Crippen LogP contribution in [0.3, 0.4) is 0 Å². The minimum absolute atomic E-state index is 0.0628. The van der Waals surface area contributed by atoms with Gasteiger partial charge >= 0.3 is 0 Å². The number of nitrogens with zero attached hydrogens (tertiary/aromatic N) is 1. The van der Waals surface area contributed by atoms with Crippen molar-refractivity contribution in [3.05, 3.63) is 59.7 Å². The predicted octanol–water partition coefficient (Wildman–Crippen LogP) is 3.10. The average molecular weight is 442 g/mol. The molecule has 2 rings (SSSR count). The first-order chi connectivity index (χ1) is 15.3. The largest absolute Gasteiger partial charge is 0.497 e. The van der Waals surface area contributed by atoms with Crippen molar-refractivity contribution in [2.24, 2.45) is 5.92 Å². The Morgan fingerprint density at radius 1 is 1.00 bits per heavy atom. The van der Waals surface area contributed by atoms with E-state index in [4.69, 9.17) is 9.47 Å². The zero-order valence-corrected chi connectivity index (χ0v) is 19.7. The van der Waals surface area contributed by atoms with Gasteiger partial charge in [0.25, 0.3) is 5.91 Å². The average Bonchev–Trinajstić information content (AvgIpc) is 2.79. The first kappa shape index (κ1) is 25.2. The molecule has 1 atom stereocenters. The summed E-state index contributed by atoms with van der Waals surface area (Å²) in [5.41, 5.74) is 1.64. The smallest absolute Gasteiger partial charge is 0.252 e. The number of amides is 2. The zero-order chi connectivity index (χ0) is 23.5. The van der Waals surface area contributed by atoms with Crippen molar-refractivity contribution in [1.29, 1.82) is 0 Å². The van der Waals surface area contributed by atoms with Gasteiger partial charge in [-0.25, -0.2) is 0 Å². The van der Waals surface area contributed by atoms with E-state index in [1.165, 1.54) is 19.8 Å². The Balaban J connectivity index is 1.86. The maximum Gasteiger partial charge on any atom is 0.252 e. The first-order valence-corrected chi connectivity index (χ1v) is 10.9. The molecule has 0 aromatic heterocycles. The van der Waals surface area contributed by atoms with Crippen LogP contribution in [0.1, 0.15) is 36.2 Å². The number of ether oxygens (including phenoxy) is 2. The molecule has 0 aliphatic heterocycles. The topological polar surface area (TPSA) is 79.9 Å². The van der Waals surface area contributed by atoms with Gasteiger partial charge in [0.15, 0.2) is 0 Å². The molecule has 7 heteroatoms. The standard InChI is InChI=1S/C25H35N3O4/c1-18(2)23(27-24(29)20-14-21(31-4)16-22(15-20)32-5)25(30)26-12-9-13-28(3)17-19-10-7-6-8-11-19/h6-8,10-11,14-16,18,23H,9,12-13,17H2,1-5H3,(H,26,30)(H,27,29). The van der Waals surface area contributed by atoms with Gasteiger partial charge in [-0.3, -0.25) is 9.59 Å². The van der Waals surface area contributed by atoms with Crippen molar-refractivity contribution in [3.8, 4) is 11.5 Å². The third-order valence-electron chi connectivity index (χ3n) is 5.16. The fraction of sp³-hybridized carbons (Fsp3) is 0.440. The van der Waals surface area contributed by atoms with E-state index in [1.54, 1.807) is 18.2 Å². The van der Waals surface area contributed by atoms with Crippen LogP contribution >= 0.6 is 0 Å². The third-order valence-corrected chi connectivity index (χ3v) is 5.16. The monoisotopic (exact) mass is 441 g/mol. The molecule has 2 N–H and O–H groups in total. The lowest BCUT2D eigenvalue weighted by molar-refractivity contribution is -0.123. The van der Waals surface area contributed by atoms with Crippen LogP contribution in [0.25, 0.3) is 0 Å². The Morgan fingerprint density at radius 2 is 1.62 bits per heavy atom. The van der Waals surface area contributed by atoms with Crippen molar-refractivity contribution < 1.29 is 19.1 Å². The molecule has 1 unspecified atom stereocenters. The van der Waals surface area contributed by atoms with Gasteiger partial charge in [0.2, 0.25) is 5.91 Å². The van der Waals surface area contributed by atoms with Crippen molar-refractivity contribution in [2.75, 3.05) is 34.4 Å². The fourth-order valence-electron chi connectivity index (χ4n) is 3.34. The molecule has 0 aliphatic rings. The summed E-state index contributed by atoms with van der Waals surface area (Å²) < 4.78 is 10.5. The fourth-order valence-corrected chi connectivity index (χ4v) is 3.34. The van der Waals surface area contributed by atoms with Gasteiger partial charge in [-0.2, -0.15) is 0 Å². The number of nitrogens with one attached hydrogen (secondary N) is 2. The Hall–Kier alpha value is -3.06. The summed E-state index contributed by atoms with van der Waals surface area (Å²) in [5, 5.41) is 5.80. The molecular formula is C25H35N3O4. The van der Waals surface area contributed by atoms with E-state index in [1.807, 2.05) is 32.0 Å². The van der Waals surface area contributed by atoms with E-state index < -0.39 is 6.04 Å². The highest BCUT2D eigenvalue weighted by atomic mass is 16.5. The van der Waals surface area contributed by atoms with Crippen LogP contribution in [0.4, 0.5) is 0 Å². The zero-order valence-electron chi connectivity index (χ0n) is 19.7. The molecule has 0 saturated carbocycles. The Morgan fingerprint density at radius 3 is 2.19 bits per heavy atom. The van der Waals surface area contributed by atoms with E-state index in [2.05, 4.69) is 34.7 Å². The van der Waals surface area contributed by atoms with E-state index >= 15 is 0 Å². The highest BCUT2D eigenvalue weighted by molar-refractivity contribution is 5.98. The predicted molar refractivity (Wildman–Crippen MR) is 126 cm³/mol. The van der Waals surface area contributed by atoms with Gasteiger partial charge in [0.1, 0.15) is 17.5 Å². The minimum Gasteiger partial charge on any atom is -0.497 e. The molecule has 2 aromatic rings. The number of hydrogen-bond acceptors (Lipinski definition) is 5. The molecule has 0 fully saturated rings. The van der Waals surface area contributed by atoms with Gasteiger partial charge in [-0.1, -0.05) is 44.2 Å². The summed E-state index contributed by atoms with van der Waals surface area (Å²) in [6.45, 7) is 6.08. The molecule has 32 heavy (non-hydrogen) atoms. The molecule has 7 nitrogen and oxygen atoms in total. The Labute approximate surface area is 191 Å². The highest BCUT2D eigenvalue weighted by Crippen LogP contribution is 2.22. The van der Waals surface area contributed by atoms with Gasteiger partial charge < -0.3 is 25.0 Å². The number of hydrogen-bond donors (Lipinski definition) is 2. The minimum atomic E-state index is -0.637. The number of rotatable bonds is 12. The van der Waals surface area contributed by atoms with E-state index in [0.717, 1.165) is 19.5 Å². The molecule has 0 saturated heterocycles.